The van der Waals surface area contributed by atoms with Gasteiger partial charge in [0.25, 0.3) is 0 Å². The Labute approximate surface area is 128 Å². The van der Waals surface area contributed by atoms with Crippen LogP contribution < -0.4 is 15.5 Å². The van der Waals surface area contributed by atoms with Gasteiger partial charge >= 0.3 is 7.12 Å². The molecular weight excluding hydrogens is 265 g/mol. The van der Waals surface area contributed by atoms with Crippen LogP contribution in [0.3, 0.4) is 0 Å². The second-order valence-corrected chi connectivity index (χ2v) is 6.42. The summed E-state index contributed by atoms with van der Waals surface area (Å²) in [4.78, 5) is 0. The number of rotatable bonds is 5. The fourth-order valence-corrected chi connectivity index (χ4v) is 2.32. The summed E-state index contributed by atoms with van der Waals surface area (Å²) in [6.07, 6.45) is 0. The van der Waals surface area contributed by atoms with Crippen molar-refractivity contribution in [3.8, 4) is 5.75 Å². The zero-order valence-electron chi connectivity index (χ0n) is 13.9. The van der Waals surface area contributed by atoms with Crippen LogP contribution in [0.2, 0.25) is 0 Å². The summed E-state index contributed by atoms with van der Waals surface area (Å²) in [6, 6.07) is 6.15. The lowest BCUT2D eigenvalue weighted by Crippen LogP contribution is -2.41. The molecule has 21 heavy (non-hydrogen) atoms. The number of nitrogens with one attached hydrogen (secondary N) is 1. The van der Waals surface area contributed by atoms with Crippen molar-refractivity contribution in [3.63, 3.8) is 0 Å². The lowest BCUT2D eigenvalue weighted by atomic mass is 9.78. The van der Waals surface area contributed by atoms with Gasteiger partial charge in [0.1, 0.15) is 5.75 Å². The van der Waals surface area contributed by atoms with E-state index in [1.54, 1.807) is 0 Å². The van der Waals surface area contributed by atoms with E-state index in [4.69, 9.17) is 14.0 Å². The number of hydrogen-bond acceptors (Lipinski definition) is 4. The van der Waals surface area contributed by atoms with Crippen LogP contribution in [0, 0.1) is 0 Å². The quantitative estimate of drug-likeness (QED) is 0.843. The fraction of sp³-hybridized carbons (Fsp3) is 0.625. The van der Waals surface area contributed by atoms with Gasteiger partial charge < -0.3 is 19.4 Å². The van der Waals surface area contributed by atoms with E-state index in [9.17, 15) is 0 Å². The minimum Gasteiger partial charge on any atom is -0.494 e. The van der Waals surface area contributed by atoms with E-state index in [0.717, 1.165) is 23.3 Å². The molecule has 1 aromatic rings. The molecule has 1 aromatic carbocycles. The van der Waals surface area contributed by atoms with Crippen LogP contribution in [0.4, 0.5) is 0 Å². The molecule has 0 aliphatic carbocycles. The molecule has 5 heteroatoms. The SMILES string of the molecule is CCOc1cc(B2OC(C)(C)C(C)(C)O2)ccc1CNC. The van der Waals surface area contributed by atoms with Gasteiger partial charge in [0, 0.05) is 12.1 Å². The molecule has 2 rings (SSSR count). The maximum absolute atomic E-state index is 6.09. The highest BCUT2D eigenvalue weighted by molar-refractivity contribution is 6.62. The van der Waals surface area contributed by atoms with Gasteiger partial charge in [-0.25, -0.2) is 0 Å². The van der Waals surface area contributed by atoms with Crippen LogP contribution in [-0.4, -0.2) is 32.0 Å². The monoisotopic (exact) mass is 291 g/mol. The van der Waals surface area contributed by atoms with Crippen LogP contribution >= 0.6 is 0 Å². The van der Waals surface area contributed by atoms with E-state index in [1.165, 1.54) is 0 Å². The lowest BCUT2D eigenvalue weighted by Gasteiger charge is -2.32. The lowest BCUT2D eigenvalue weighted by molar-refractivity contribution is 0.00578. The minimum atomic E-state index is -0.349. The first kappa shape index (κ1) is 16.3. The van der Waals surface area contributed by atoms with E-state index in [1.807, 2.05) is 20.0 Å². The molecule has 1 aliphatic rings. The summed E-state index contributed by atoms with van der Waals surface area (Å²) in [7, 11) is 1.58. The number of hydrogen-bond donors (Lipinski definition) is 1. The standard InChI is InChI=1S/C16H26BNO3/c1-7-19-14-10-13(9-8-12(14)11-18-6)17-20-15(2,3)16(4,5)21-17/h8-10,18H,7,11H2,1-6H3. The molecular formula is C16H26BNO3. The maximum Gasteiger partial charge on any atom is 0.494 e. The molecule has 1 heterocycles. The second-order valence-electron chi connectivity index (χ2n) is 6.42. The van der Waals surface area contributed by atoms with Gasteiger partial charge in [0.2, 0.25) is 0 Å². The van der Waals surface area contributed by atoms with Gasteiger partial charge in [-0.15, -0.1) is 0 Å². The van der Waals surface area contributed by atoms with Gasteiger partial charge in [-0.1, -0.05) is 12.1 Å². The third kappa shape index (κ3) is 3.25. The Morgan fingerprint density at radius 3 is 2.29 bits per heavy atom. The normalized spacial score (nSPS) is 19.8. The molecule has 0 aromatic heterocycles. The summed E-state index contributed by atoms with van der Waals surface area (Å²) in [5.74, 6) is 0.888. The molecule has 1 saturated heterocycles. The van der Waals surface area contributed by atoms with Crippen LogP contribution in [-0.2, 0) is 15.9 Å². The summed E-state index contributed by atoms with van der Waals surface area (Å²) in [5.41, 5.74) is 1.48. The molecule has 0 saturated carbocycles. The molecule has 1 aliphatic heterocycles. The topological polar surface area (TPSA) is 39.7 Å². The zero-order chi connectivity index (χ0) is 15.7. The Morgan fingerprint density at radius 1 is 1.14 bits per heavy atom. The van der Waals surface area contributed by atoms with Gasteiger partial charge in [0.05, 0.1) is 17.8 Å². The first-order valence-electron chi connectivity index (χ1n) is 7.56. The highest BCUT2D eigenvalue weighted by Crippen LogP contribution is 2.36. The van der Waals surface area contributed by atoms with Crippen LogP contribution in [0.5, 0.6) is 5.75 Å². The first-order valence-corrected chi connectivity index (χ1v) is 7.56. The smallest absolute Gasteiger partial charge is 0.494 e. The van der Waals surface area contributed by atoms with Crippen molar-refractivity contribution in [2.45, 2.75) is 52.4 Å². The third-order valence-corrected chi connectivity index (χ3v) is 4.28. The Bertz CT molecular complexity index is 486. The van der Waals surface area contributed by atoms with Crippen molar-refractivity contribution in [2.24, 2.45) is 0 Å². The molecule has 1 N–H and O–H groups in total. The number of ether oxygens (including phenoxy) is 1. The molecule has 0 radical (unpaired) electrons. The maximum atomic E-state index is 6.09. The van der Waals surface area contributed by atoms with Gasteiger partial charge in [-0.2, -0.15) is 0 Å². The summed E-state index contributed by atoms with van der Waals surface area (Å²) < 4.78 is 17.9. The molecule has 0 atom stereocenters. The fourth-order valence-electron chi connectivity index (χ4n) is 2.32. The van der Waals surface area contributed by atoms with E-state index in [2.05, 4.69) is 45.1 Å². The highest BCUT2D eigenvalue weighted by Gasteiger charge is 2.51. The van der Waals surface area contributed by atoms with Crippen LogP contribution in [0.1, 0.15) is 40.2 Å². The van der Waals surface area contributed by atoms with Crippen molar-refractivity contribution >= 4 is 12.6 Å². The minimum absolute atomic E-state index is 0.326. The Hall–Kier alpha value is -1.04. The average molecular weight is 291 g/mol. The molecule has 0 unspecified atom stereocenters. The van der Waals surface area contributed by atoms with Crippen molar-refractivity contribution in [3.05, 3.63) is 23.8 Å². The van der Waals surface area contributed by atoms with Gasteiger partial charge in [-0.3, -0.25) is 0 Å². The molecule has 4 nitrogen and oxygen atoms in total. The van der Waals surface area contributed by atoms with Crippen molar-refractivity contribution < 1.29 is 14.0 Å². The predicted octanol–water partition coefficient (Wildman–Crippen LogP) is 2.10. The second kappa shape index (κ2) is 5.99. The predicted molar refractivity (Wildman–Crippen MR) is 86.1 cm³/mol. The van der Waals surface area contributed by atoms with Crippen LogP contribution in [0.25, 0.3) is 0 Å². The van der Waals surface area contributed by atoms with Crippen LogP contribution in [0.15, 0.2) is 18.2 Å². The van der Waals surface area contributed by atoms with Gasteiger partial charge in [-0.05, 0) is 53.2 Å². The van der Waals surface area contributed by atoms with Gasteiger partial charge in [0.15, 0.2) is 0 Å². The Morgan fingerprint density at radius 2 is 1.76 bits per heavy atom. The average Bonchev–Trinajstić information content (AvgIpc) is 2.61. The van der Waals surface area contributed by atoms with Crippen molar-refractivity contribution in [1.82, 2.24) is 5.32 Å². The molecule has 0 bridgehead atoms. The first-order chi connectivity index (χ1) is 9.80. The Balaban J connectivity index is 2.27. The third-order valence-electron chi connectivity index (χ3n) is 4.28. The molecule has 0 amide bonds. The van der Waals surface area contributed by atoms with E-state index >= 15 is 0 Å². The number of benzene rings is 1. The van der Waals surface area contributed by atoms with E-state index in [-0.39, 0.29) is 18.3 Å². The zero-order valence-corrected chi connectivity index (χ0v) is 13.9. The van der Waals surface area contributed by atoms with E-state index in [0.29, 0.717) is 6.61 Å². The van der Waals surface area contributed by atoms with E-state index < -0.39 is 0 Å². The van der Waals surface area contributed by atoms with Crippen molar-refractivity contribution in [2.75, 3.05) is 13.7 Å². The molecule has 0 spiro atoms. The Kier molecular flexibility index (Phi) is 4.66. The molecule has 116 valence electrons. The summed E-state index contributed by atoms with van der Waals surface area (Å²) >= 11 is 0. The summed E-state index contributed by atoms with van der Waals surface area (Å²) in [6.45, 7) is 11.7. The largest absolute Gasteiger partial charge is 0.494 e. The molecule has 1 fully saturated rings. The highest BCUT2D eigenvalue weighted by atomic mass is 16.7. The summed E-state index contributed by atoms with van der Waals surface area (Å²) in [5, 5.41) is 3.16. The van der Waals surface area contributed by atoms with Crippen molar-refractivity contribution in [1.29, 1.82) is 0 Å².